The highest BCUT2D eigenvalue weighted by molar-refractivity contribution is 5.76. The van der Waals surface area contributed by atoms with Gasteiger partial charge in [0, 0.05) is 6.54 Å². The van der Waals surface area contributed by atoms with Crippen LogP contribution in [0, 0.1) is 0 Å². The highest BCUT2D eigenvalue weighted by atomic mass is 16.6. The summed E-state index contributed by atoms with van der Waals surface area (Å²) in [6, 6.07) is -0.364. The quantitative estimate of drug-likeness (QED) is 0.275. The first-order valence-corrected chi connectivity index (χ1v) is 10.3. The number of nitrogens with one attached hydrogen (secondary N) is 3. The Kier molecular flexibility index (Phi) is 13.1. The monoisotopic (exact) mass is 402 g/mol. The van der Waals surface area contributed by atoms with Gasteiger partial charge in [0.05, 0.1) is 0 Å². The van der Waals surface area contributed by atoms with E-state index in [1.54, 1.807) is 0 Å². The van der Waals surface area contributed by atoms with E-state index >= 15 is 0 Å². The molecule has 5 N–H and O–H groups in total. The number of hydrogen-bond donors (Lipinski definition) is 4. The van der Waals surface area contributed by atoms with E-state index in [0.29, 0.717) is 32.5 Å². The van der Waals surface area contributed by atoms with Crippen LogP contribution >= 0.6 is 0 Å². The summed E-state index contributed by atoms with van der Waals surface area (Å²) < 4.78 is 10.7. The Hall–Kier alpha value is -1.38. The molecule has 28 heavy (non-hydrogen) atoms. The first-order chi connectivity index (χ1) is 12.9. The van der Waals surface area contributed by atoms with Crippen LogP contribution in [0.1, 0.15) is 67.2 Å². The molecule has 1 amide bonds. The normalized spacial score (nSPS) is 13.1. The number of nitrogens with two attached hydrogens (primary N) is 1. The van der Waals surface area contributed by atoms with Gasteiger partial charge in [0.25, 0.3) is 0 Å². The highest BCUT2D eigenvalue weighted by Crippen LogP contribution is 2.11. The van der Waals surface area contributed by atoms with E-state index in [4.69, 9.17) is 15.2 Å². The summed E-state index contributed by atoms with van der Waals surface area (Å²) in [6.07, 6.45) is 2.74. The summed E-state index contributed by atoms with van der Waals surface area (Å²) in [5, 5.41) is 9.28. The van der Waals surface area contributed by atoms with Crippen LogP contribution in [0.2, 0.25) is 0 Å². The lowest BCUT2D eigenvalue weighted by Crippen LogP contribution is -2.43. The first-order valence-electron chi connectivity index (χ1n) is 10.3. The standard InChI is InChI=1S/C20H42N4O4/c1-19(2,3)27-17(25)16(10-7-12-22-13-8-11-21)23-14-9-15-24-18(26)28-20(4,5)6/h16,22-23H,7-15,21H2,1-6H3,(H,24,26). The topological polar surface area (TPSA) is 115 Å². The summed E-state index contributed by atoms with van der Waals surface area (Å²) in [5.74, 6) is -0.241. The predicted molar refractivity (Wildman–Crippen MR) is 112 cm³/mol. The largest absolute Gasteiger partial charge is 0.459 e. The van der Waals surface area contributed by atoms with E-state index in [-0.39, 0.29) is 12.0 Å². The SMILES string of the molecule is CC(C)(C)OC(=O)NCCCNC(CCCNCCCN)C(=O)OC(C)(C)C. The van der Waals surface area contributed by atoms with Crippen LogP contribution in [-0.2, 0) is 14.3 Å². The lowest BCUT2D eigenvalue weighted by molar-refractivity contribution is -0.157. The summed E-state index contributed by atoms with van der Waals surface area (Å²) in [5.41, 5.74) is 4.44. The molecule has 0 bridgehead atoms. The Morgan fingerprint density at radius 2 is 1.46 bits per heavy atom. The van der Waals surface area contributed by atoms with Gasteiger partial charge in [-0.05, 0) is 93.4 Å². The Bertz CT molecular complexity index is 444. The van der Waals surface area contributed by atoms with Gasteiger partial charge in [-0.25, -0.2) is 4.79 Å². The second-order valence-electron chi connectivity index (χ2n) is 8.86. The third-order valence-electron chi connectivity index (χ3n) is 3.51. The van der Waals surface area contributed by atoms with Crippen molar-refractivity contribution in [3.8, 4) is 0 Å². The molecule has 8 heteroatoms. The van der Waals surface area contributed by atoms with Crippen LogP contribution in [0.25, 0.3) is 0 Å². The van der Waals surface area contributed by atoms with Gasteiger partial charge in [0.15, 0.2) is 0 Å². The van der Waals surface area contributed by atoms with Gasteiger partial charge in [0.1, 0.15) is 17.2 Å². The number of esters is 1. The number of carbonyl (C=O) groups is 2. The number of rotatable bonds is 13. The Morgan fingerprint density at radius 1 is 0.857 bits per heavy atom. The van der Waals surface area contributed by atoms with Gasteiger partial charge in [-0.2, -0.15) is 0 Å². The van der Waals surface area contributed by atoms with Gasteiger partial charge in [0.2, 0.25) is 0 Å². The third-order valence-corrected chi connectivity index (χ3v) is 3.51. The molecule has 0 aliphatic heterocycles. The molecule has 0 radical (unpaired) electrons. The Balaban J connectivity index is 4.25. The van der Waals surface area contributed by atoms with Crippen LogP contribution in [0.4, 0.5) is 4.79 Å². The van der Waals surface area contributed by atoms with Crippen LogP contribution in [-0.4, -0.2) is 62.0 Å². The fraction of sp³-hybridized carbons (Fsp3) is 0.900. The lowest BCUT2D eigenvalue weighted by atomic mass is 10.1. The molecule has 166 valence electrons. The smallest absolute Gasteiger partial charge is 0.407 e. The van der Waals surface area contributed by atoms with Crippen molar-refractivity contribution in [2.75, 3.05) is 32.7 Å². The zero-order chi connectivity index (χ0) is 21.6. The zero-order valence-electron chi connectivity index (χ0n) is 18.7. The van der Waals surface area contributed by atoms with E-state index in [1.807, 2.05) is 41.5 Å². The Labute approximate surface area is 170 Å². The minimum atomic E-state index is -0.519. The molecule has 1 unspecified atom stereocenters. The molecule has 0 spiro atoms. The molecule has 0 rings (SSSR count). The number of amides is 1. The molecule has 0 saturated carbocycles. The molecule has 0 aliphatic carbocycles. The number of ether oxygens (including phenoxy) is 2. The summed E-state index contributed by atoms with van der Waals surface area (Å²) >= 11 is 0. The van der Waals surface area contributed by atoms with Crippen LogP contribution in [0.3, 0.4) is 0 Å². The molecule has 0 heterocycles. The minimum absolute atomic E-state index is 0.241. The molecule has 0 saturated heterocycles. The van der Waals surface area contributed by atoms with E-state index < -0.39 is 17.3 Å². The number of hydrogen-bond acceptors (Lipinski definition) is 7. The maximum Gasteiger partial charge on any atom is 0.407 e. The van der Waals surface area contributed by atoms with Crippen molar-refractivity contribution in [2.24, 2.45) is 5.73 Å². The summed E-state index contributed by atoms with van der Waals surface area (Å²) in [6.45, 7) is 14.5. The third kappa shape index (κ3) is 16.8. The maximum atomic E-state index is 12.4. The summed E-state index contributed by atoms with van der Waals surface area (Å²) in [7, 11) is 0. The lowest BCUT2D eigenvalue weighted by Gasteiger charge is -2.25. The number of carbonyl (C=O) groups excluding carboxylic acids is 2. The fourth-order valence-electron chi connectivity index (χ4n) is 2.33. The maximum absolute atomic E-state index is 12.4. The molecule has 0 fully saturated rings. The van der Waals surface area contributed by atoms with E-state index in [2.05, 4.69) is 16.0 Å². The van der Waals surface area contributed by atoms with Crippen molar-refractivity contribution in [3.63, 3.8) is 0 Å². The van der Waals surface area contributed by atoms with Gasteiger partial charge >= 0.3 is 12.1 Å². The van der Waals surface area contributed by atoms with Crippen molar-refractivity contribution in [3.05, 3.63) is 0 Å². The predicted octanol–water partition coefficient (Wildman–Crippen LogP) is 1.92. The second kappa shape index (κ2) is 13.7. The molecular formula is C20H42N4O4. The van der Waals surface area contributed by atoms with Gasteiger partial charge in [-0.15, -0.1) is 0 Å². The Morgan fingerprint density at radius 3 is 2.04 bits per heavy atom. The van der Waals surface area contributed by atoms with Crippen molar-refractivity contribution in [2.45, 2.75) is 84.5 Å². The molecule has 0 aromatic rings. The van der Waals surface area contributed by atoms with E-state index in [0.717, 1.165) is 25.9 Å². The second-order valence-corrected chi connectivity index (χ2v) is 8.86. The van der Waals surface area contributed by atoms with Crippen LogP contribution < -0.4 is 21.7 Å². The van der Waals surface area contributed by atoms with E-state index in [9.17, 15) is 9.59 Å². The molecule has 1 atom stereocenters. The average molecular weight is 403 g/mol. The van der Waals surface area contributed by atoms with Gasteiger partial charge in [-0.1, -0.05) is 0 Å². The zero-order valence-corrected chi connectivity index (χ0v) is 18.7. The molecule has 0 aliphatic rings. The molecular weight excluding hydrogens is 360 g/mol. The van der Waals surface area contributed by atoms with Crippen molar-refractivity contribution >= 4 is 12.1 Å². The van der Waals surface area contributed by atoms with Crippen molar-refractivity contribution < 1.29 is 19.1 Å². The molecule has 0 aromatic carbocycles. The fourth-order valence-corrected chi connectivity index (χ4v) is 2.33. The van der Waals surface area contributed by atoms with E-state index in [1.165, 1.54) is 0 Å². The van der Waals surface area contributed by atoms with Gasteiger partial charge in [-0.3, -0.25) is 4.79 Å². The van der Waals surface area contributed by atoms with Crippen molar-refractivity contribution in [1.82, 2.24) is 16.0 Å². The highest BCUT2D eigenvalue weighted by Gasteiger charge is 2.24. The first kappa shape index (κ1) is 26.6. The molecule has 0 aromatic heterocycles. The number of alkyl carbamates (subject to hydrolysis) is 1. The van der Waals surface area contributed by atoms with Crippen molar-refractivity contribution in [1.29, 1.82) is 0 Å². The average Bonchev–Trinajstić information content (AvgIpc) is 2.52. The minimum Gasteiger partial charge on any atom is -0.459 e. The van der Waals surface area contributed by atoms with Gasteiger partial charge < -0.3 is 31.2 Å². The van der Waals surface area contributed by atoms with Crippen LogP contribution in [0.5, 0.6) is 0 Å². The molecule has 8 nitrogen and oxygen atoms in total. The van der Waals surface area contributed by atoms with Crippen LogP contribution in [0.15, 0.2) is 0 Å². The summed E-state index contributed by atoms with van der Waals surface area (Å²) in [4.78, 5) is 24.1.